The third-order valence-corrected chi connectivity index (χ3v) is 1.60. The first kappa shape index (κ1) is 7.10. The zero-order chi connectivity index (χ0) is 6.85. The van der Waals surface area contributed by atoms with E-state index in [-0.39, 0.29) is 0 Å². The average Bonchev–Trinajstić information content (AvgIpc) is 1.59. The largest absolute Gasteiger partial charge is 0.0836 e. The van der Waals surface area contributed by atoms with Crippen molar-refractivity contribution in [2.75, 3.05) is 0 Å². The minimum atomic E-state index is 0.655. The van der Waals surface area contributed by atoms with Gasteiger partial charge in [0, 0.05) is 15.6 Å². The molecular formula is C7H5BrCl. The molecule has 0 N–H and O–H groups in total. The van der Waals surface area contributed by atoms with E-state index >= 15 is 0 Å². The highest BCUT2D eigenvalue weighted by atomic mass is 79.9. The summed E-state index contributed by atoms with van der Waals surface area (Å²) < 4.78 is 1.00. The van der Waals surface area contributed by atoms with Crippen LogP contribution in [-0.2, 0) is 0 Å². The first-order valence-electron chi connectivity index (χ1n) is 2.53. The molecule has 0 saturated heterocycles. The van der Waals surface area contributed by atoms with Gasteiger partial charge in [0.2, 0.25) is 0 Å². The third kappa shape index (κ3) is 1.99. The lowest BCUT2D eigenvalue weighted by Gasteiger charge is -1.93. The van der Waals surface area contributed by atoms with Crippen LogP contribution in [0.3, 0.4) is 0 Å². The van der Waals surface area contributed by atoms with Crippen molar-refractivity contribution in [3.05, 3.63) is 33.3 Å². The van der Waals surface area contributed by atoms with Crippen molar-refractivity contribution >= 4 is 27.5 Å². The molecule has 1 radical (unpaired) electrons. The molecule has 0 fully saturated rings. The Balaban J connectivity index is 3.17. The second-order valence-electron chi connectivity index (χ2n) is 1.83. The summed E-state index contributed by atoms with van der Waals surface area (Å²) in [7, 11) is 0. The van der Waals surface area contributed by atoms with E-state index in [4.69, 9.17) is 11.6 Å². The van der Waals surface area contributed by atoms with Gasteiger partial charge >= 0.3 is 0 Å². The topological polar surface area (TPSA) is 0 Å². The van der Waals surface area contributed by atoms with Crippen LogP contribution in [0.5, 0.6) is 0 Å². The van der Waals surface area contributed by atoms with Crippen LogP contribution in [0.1, 0.15) is 5.56 Å². The van der Waals surface area contributed by atoms with Gasteiger partial charge in [-0.1, -0.05) is 27.5 Å². The zero-order valence-electron chi connectivity index (χ0n) is 4.91. The predicted molar refractivity (Wildman–Crippen MR) is 42.7 cm³/mol. The summed E-state index contributed by atoms with van der Waals surface area (Å²) in [5, 5.41) is 0.655. The van der Waals surface area contributed by atoms with E-state index in [1.165, 1.54) is 0 Å². The predicted octanol–water partition coefficient (Wildman–Crippen LogP) is 3.21. The molecule has 1 aromatic rings. The highest BCUT2D eigenvalue weighted by molar-refractivity contribution is 9.10. The number of aryl methyl sites for hydroxylation is 1. The van der Waals surface area contributed by atoms with E-state index < -0.39 is 0 Å². The summed E-state index contributed by atoms with van der Waals surface area (Å²) in [6.07, 6.45) is 0. The molecule has 0 aliphatic rings. The smallest absolute Gasteiger partial charge is 0.0498 e. The summed E-state index contributed by atoms with van der Waals surface area (Å²) in [5.74, 6) is 0. The molecular weight excluding hydrogens is 199 g/mol. The van der Waals surface area contributed by atoms with Gasteiger partial charge in [-0.05, 0) is 24.6 Å². The van der Waals surface area contributed by atoms with Gasteiger partial charge in [-0.3, -0.25) is 0 Å². The molecule has 0 aromatic heterocycles. The number of benzene rings is 1. The van der Waals surface area contributed by atoms with E-state index in [1.807, 2.05) is 19.1 Å². The summed E-state index contributed by atoms with van der Waals surface area (Å²) in [5.41, 5.74) is 1.05. The Labute approximate surface area is 68.0 Å². The van der Waals surface area contributed by atoms with Crippen LogP contribution >= 0.6 is 27.5 Å². The lowest BCUT2D eigenvalue weighted by Crippen LogP contribution is -1.72. The van der Waals surface area contributed by atoms with Crippen LogP contribution in [-0.4, -0.2) is 0 Å². The lowest BCUT2D eigenvalue weighted by atomic mass is 10.2. The molecule has 0 bridgehead atoms. The Bertz CT molecular complexity index is 170. The van der Waals surface area contributed by atoms with Crippen LogP contribution in [0.4, 0.5) is 0 Å². The second kappa shape index (κ2) is 2.72. The molecule has 47 valence electrons. The summed E-state index contributed by atoms with van der Waals surface area (Å²) in [6, 6.07) is 6.72. The van der Waals surface area contributed by atoms with Gasteiger partial charge in [-0.25, -0.2) is 0 Å². The quantitative estimate of drug-likeness (QED) is 0.609. The van der Waals surface area contributed by atoms with E-state index in [0.717, 1.165) is 10.0 Å². The van der Waals surface area contributed by atoms with Crippen molar-refractivity contribution < 1.29 is 0 Å². The molecule has 0 amide bonds. The molecule has 0 heterocycles. The SMILES string of the molecule is Cc1[c]c(Cl)cc(Br)c1. The van der Waals surface area contributed by atoms with Crippen molar-refractivity contribution in [2.45, 2.75) is 6.92 Å². The summed E-state index contributed by atoms with van der Waals surface area (Å²) in [4.78, 5) is 0. The molecule has 0 aliphatic heterocycles. The van der Waals surface area contributed by atoms with Gasteiger partial charge in [0.05, 0.1) is 0 Å². The van der Waals surface area contributed by atoms with Gasteiger partial charge < -0.3 is 0 Å². The standard InChI is InChI=1S/C7H5BrCl/c1-5-2-6(8)4-7(9)3-5/h2,4H,1H3. The van der Waals surface area contributed by atoms with E-state index in [2.05, 4.69) is 22.0 Å². The molecule has 2 heteroatoms. The molecule has 0 spiro atoms. The first-order chi connectivity index (χ1) is 4.18. The molecule has 1 rings (SSSR count). The normalized spacial score (nSPS) is 9.67. The van der Waals surface area contributed by atoms with Gasteiger partial charge in [0.25, 0.3) is 0 Å². The van der Waals surface area contributed by atoms with Crippen molar-refractivity contribution in [1.82, 2.24) is 0 Å². The Morgan fingerprint density at radius 2 is 2.22 bits per heavy atom. The fraction of sp³-hybridized carbons (Fsp3) is 0.143. The molecule has 0 nitrogen and oxygen atoms in total. The summed E-state index contributed by atoms with van der Waals surface area (Å²) >= 11 is 8.97. The maximum absolute atomic E-state index is 5.66. The molecule has 0 saturated carbocycles. The maximum atomic E-state index is 5.66. The van der Waals surface area contributed by atoms with E-state index in [9.17, 15) is 0 Å². The van der Waals surface area contributed by atoms with Crippen LogP contribution < -0.4 is 0 Å². The maximum Gasteiger partial charge on any atom is 0.0498 e. The molecule has 0 atom stereocenters. The molecule has 9 heavy (non-hydrogen) atoms. The average molecular weight is 204 g/mol. The van der Waals surface area contributed by atoms with Gasteiger partial charge in [0.1, 0.15) is 0 Å². The van der Waals surface area contributed by atoms with Crippen LogP contribution in [0, 0.1) is 13.0 Å². The fourth-order valence-electron chi connectivity index (χ4n) is 0.630. The van der Waals surface area contributed by atoms with Gasteiger partial charge in [0.15, 0.2) is 0 Å². The number of hydrogen-bond acceptors (Lipinski definition) is 0. The minimum Gasteiger partial charge on any atom is -0.0836 e. The van der Waals surface area contributed by atoms with Crippen LogP contribution in [0.15, 0.2) is 16.6 Å². The molecule has 1 aromatic carbocycles. The Hall–Kier alpha value is -0.0100. The van der Waals surface area contributed by atoms with Crippen molar-refractivity contribution in [2.24, 2.45) is 0 Å². The summed E-state index contributed by atoms with van der Waals surface area (Å²) in [6.45, 7) is 1.96. The highest BCUT2D eigenvalue weighted by Crippen LogP contribution is 2.17. The van der Waals surface area contributed by atoms with Gasteiger partial charge in [-0.15, -0.1) is 0 Å². The Morgan fingerprint density at radius 3 is 2.67 bits per heavy atom. The Kier molecular flexibility index (Phi) is 2.14. The van der Waals surface area contributed by atoms with Crippen molar-refractivity contribution in [3.63, 3.8) is 0 Å². The Morgan fingerprint density at radius 1 is 1.56 bits per heavy atom. The highest BCUT2D eigenvalue weighted by Gasteiger charge is 1.91. The second-order valence-corrected chi connectivity index (χ2v) is 3.15. The zero-order valence-corrected chi connectivity index (χ0v) is 7.25. The van der Waals surface area contributed by atoms with E-state index in [1.54, 1.807) is 0 Å². The molecule has 0 aliphatic carbocycles. The van der Waals surface area contributed by atoms with Gasteiger partial charge in [-0.2, -0.15) is 0 Å². The van der Waals surface area contributed by atoms with E-state index in [0.29, 0.717) is 5.02 Å². The fourth-order valence-corrected chi connectivity index (χ4v) is 1.60. The number of rotatable bonds is 0. The van der Waals surface area contributed by atoms with Crippen LogP contribution in [0.2, 0.25) is 5.02 Å². The van der Waals surface area contributed by atoms with Crippen molar-refractivity contribution in [1.29, 1.82) is 0 Å². The number of hydrogen-bond donors (Lipinski definition) is 0. The first-order valence-corrected chi connectivity index (χ1v) is 3.70. The minimum absolute atomic E-state index is 0.655. The third-order valence-electron chi connectivity index (χ3n) is 0.936. The number of halogens is 2. The van der Waals surface area contributed by atoms with Crippen LogP contribution in [0.25, 0.3) is 0 Å². The lowest BCUT2D eigenvalue weighted by molar-refractivity contribution is 1.44. The molecule has 0 unspecified atom stereocenters. The monoisotopic (exact) mass is 203 g/mol. The van der Waals surface area contributed by atoms with Crippen molar-refractivity contribution in [3.8, 4) is 0 Å².